The van der Waals surface area contributed by atoms with Crippen LogP contribution in [0.1, 0.15) is 22.2 Å². The second kappa shape index (κ2) is 6.45. The molecule has 102 valence electrons. The Balaban J connectivity index is 1.52. The van der Waals surface area contributed by atoms with Crippen LogP contribution in [0.5, 0.6) is 0 Å². The molecule has 1 aromatic carbocycles. The van der Waals surface area contributed by atoms with E-state index in [1.807, 2.05) is 24.3 Å². The minimum absolute atomic E-state index is 0.597. The summed E-state index contributed by atoms with van der Waals surface area (Å²) in [6, 6.07) is 14.3. The Bertz CT molecular complexity index is 634. The van der Waals surface area contributed by atoms with Gasteiger partial charge in [-0.1, -0.05) is 41.6 Å². The average molecular weight is 285 g/mol. The zero-order valence-electron chi connectivity index (χ0n) is 11.0. The van der Waals surface area contributed by atoms with Crippen LogP contribution in [0.2, 0.25) is 0 Å². The standard InChI is InChI=1S/C15H15N3OS/c1-2-5-12(6-3-1)9-14-17-15(19-18-14)11-16-10-13-7-4-8-20-13/h1-8,16H,9-11H2. The van der Waals surface area contributed by atoms with Gasteiger partial charge in [-0.3, -0.25) is 0 Å². The second-order valence-electron chi connectivity index (χ2n) is 4.45. The van der Waals surface area contributed by atoms with Gasteiger partial charge in [0, 0.05) is 17.8 Å². The monoisotopic (exact) mass is 285 g/mol. The molecule has 0 saturated heterocycles. The molecule has 0 saturated carbocycles. The molecule has 0 radical (unpaired) electrons. The van der Waals surface area contributed by atoms with Crippen LogP contribution in [0.25, 0.3) is 0 Å². The van der Waals surface area contributed by atoms with Gasteiger partial charge >= 0.3 is 0 Å². The van der Waals surface area contributed by atoms with Crippen LogP contribution in [0, 0.1) is 0 Å². The molecule has 2 heterocycles. The molecule has 0 spiro atoms. The lowest BCUT2D eigenvalue weighted by Gasteiger charge is -1.97. The highest BCUT2D eigenvalue weighted by molar-refractivity contribution is 7.09. The van der Waals surface area contributed by atoms with E-state index in [4.69, 9.17) is 4.52 Å². The smallest absolute Gasteiger partial charge is 0.240 e. The zero-order valence-corrected chi connectivity index (χ0v) is 11.8. The number of nitrogens with zero attached hydrogens (tertiary/aromatic N) is 2. The summed E-state index contributed by atoms with van der Waals surface area (Å²) in [7, 11) is 0. The van der Waals surface area contributed by atoms with Gasteiger partial charge in [-0.15, -0.1) is 11.3 Å². The summed E-state index contributed by atoms with van der Waals surface area (Å²) in [6.45, 7) is 1.42. The van der Waals surface area contributed by atoms with E-state index >= 15 is 0 Å². The van der Waals surface area contributed by atoms with E-state index in [-0.39, 0.29) is 0 Å². The van der Waals surface area contributed by atoms with Crippen LogP contribution in [-0.4, -0.2) is 10.1 Å². The molecular weight excluding hydrogens is 270 g/mol. The minimum atomic E-state index is 0.597. The van der Waals surface area contributed by atoms with Gasteiger partial charge in [0.15, 0.2) is 5.82 Å². The van der Waals surface area contributed by atoms with Crippen molar-refractivity contribution in [2.24, 2.45) is 0 Å². The molecule has 0 unspecified atom stereocenters. The fourth-order valence-corrected chi connectivity index (χ4v) is 2.59. The van der Waals surface area contributed by atoms with Gasteiger partial charge in [-0.25, -0.2) is 0 Å². The molecule has 1 N–H and O–H groups in total. The molecule has 0 atom stereocenters. The SMILES string of the molecule is c1ccc(Cc2noc(CNCc3cccs3)n2)cc1. The van der Waals surface area contributed by atoms with E-state index in [1.165, 1.54) is 10.4 Å². The highest BCUT2D eigenvalue weighted by atomic mass is 32.1. The molecule has 2 aromatic heterocycles. The Labute approximate surface area is 121 Å². The lowest BCUT2D eigenvalue weighted by molar-refractivity contribution is 0.363. The Morgan fingerprint density at radius 1 is 1.05 bits per heavy atom. The average Bonchev–Trinajstić information content (AvgIpc) is 3.12. The van der Waals surface area contributed by atoms with Gasteiger partial charge in [0.05, 0.1) is 6.54 Å². The molecule has 5 heteroatoms. The molecule has 0 bridgehead atoms. The maximum absolute atomic E-state index is 5.24. The molecule has 20 heavy (non-hydrogen) atoms. The summed E-state index contributed by atoms with van der Waals surface area (Å²) in [4.78, 5) is 5.69. The van der Waals surface area contributed by atoms with Crippen molar-refractivity contribution in [3.8, 4) is 0 Å². The lowest BCUT2D eigenvalue weighted by atomic mass is 10.1. The maximum atomic E-state index is 5.24. The highest BCUT2D eigenvalue weighted by Gasteiger charge is 2.06. The predicted molar refractivity (Wildman–Crippen MR) is 78.4 cm³/mol. The van der Waals surface area contributed by atoms with E-state index in [9.17, 15) is 0 Å². The summed E-state index contributed by atoms with van der Waals surface area (Å²) in [5.41, 5.74) is 1.19. The predicted octanol–water partition coefficient (Wildman–Crippen LogP) is 3.01. The number of aromatic nitrogens is 2. The van der Waals surface area contributed by atoms with E-state index in [1.54, 1.807) is 11.3 Å². The van der Waals surface area contributed by atoms with Crippen LogP contribution >= 0.6 is 11.3 Å². The van der Waals surface area contributed by atoms with Crippen LogP contribution in [0.4, 0.5) is 0 Å². The van der Waals surface area contributed by atoms with Crippen LogP contribution in [0.15, 0.2) is 52.4 Å². The first-order chi connectivity index (χ1) is 9.90. The summed E-state index contributed by atoms with van der Waals surface area (Å²) < 4.78 is 5.24. The second-order valence-corrected chi connectivity index (χ2v) is 5.48. The Kier molecular flexibility index (Phi) is 4.20. The molecular formula is C15H15N3OS. The van der Waals surface area contributed by atoms with E-state index in [0.717, 1.165) is 12.4 Å². The summed E-state index contributed by atoms with van der Waals surface area (Å²) in [5, 5.41) is 9.37. The fourth-order valence-electron chi connectivity index (χ4n) is 1.92. The van der Waals surface area contributed by atoms with Gasteiger partial charge < -0.3 is 9.84 Å². The zero-order chi connectivity index (χ0) is 13.6. The van der Waals surface area contributed by atoms with Crippen LogP contribution < -0.4 is 5.32 Å². The van der Waals surface area contributed by atoms with Crippen molar-refractivity contribution in [3.63, 3.8) is 0 Å². The number of rotatable bonds is 6. The Morgan fingerprint density at radius 2 is 1.95 bits per heavy atom. The van der Waals surface area contributed by atoms with Crippen molar-refractivity contribution in [2.75, 3.05) is 0 Å². The number of thiophene rings is 1. The van der Waals surface area contributed by atoms with Crippen molar-refractivity contribution < 1.29 is 4.52 Å². The quantitative estimate of drug-likeness (QED) is 0.756. The van der Waals surface area contributed by atoms with E-state index in [2.05, 4.69) is 39.0 Å². The first kappa shape index (κ1) is 13.0. The summed E-state index contributed by atoms with van der Waals surface area (Å²) >= 11 is 1.74. The van der Waals surface area contributed by atoms with Gasteiger partial charge in [-0.2, -0.15) is 4.98 Å². The fraction of sp³-hybridized carbons (Fsp3) is 0.200. The van der Waals surface area contributed by atoms with E-state index in [0.29, 0.717) is 18.9 Å². The van der Waals surface area contributed by atoms with Gasteiger partial charge in [0.25, 0.3) is 0 Å². The number of hydrogen-bond donors (Lipinski definition) is 1. The molecule has 3 aromatic rings. The van der Waals surface area contributed by atoms with E-state index < -0.39 is 0 Å². The molecule has 0 fully saturated rings. The van der Waals surface area contributed by atoms with Crippen LogP contribution in [0.3, 0.4) is 0 Å². The number of hydrogen-bond acceptors (Lipinski definition) is 5. The topological polar surface area (TPSA) is 51.0 Å². The van der Waals surface area contributed by atoms with Crippen molar-refractivity contribution in [2.45, 2.75) is 19.5 Å². The van der Waals surface area contributed by atoms with Crippen molar-refractivity contribution in [3.05, 3.63) is 70.0 Å². The largest absolute Gasteiger partial charge is 0.338 e. The summed E-state index contributed by atoms with van der Waals surface area (Å²) in [5.74, 6) is 1.36. The first-order valence-corrected chi connectivity index (χ1v) is 7.36. The summed E-state index contributed by atoms with van der Waals surface area (Å²) in [6.07, 6.45) is 0.704. The number of benzene rings is 1. The highest BCUT2D eigenvalue weighted by Crippen LogP contribution is 2.09. The van der Waals surface area contributed by atoms with Crippen molar-refractivity contribution in [1.29, 1.82) is 0 Å². The molecule has 4 nitrogen and oxygen atoms in total. The maximum Gasteiger partial charge on any atom is 0.240 e. The number of nitrogens with one attached hydrogen (secondary N) is 1. The van der Waals surface area contributed by atoms with Crippen molar-refractivity contribution >= 4 is 11.3 Å². The van der Waals surface area contributed by atoms with Crippen molar-refractivity contribution in [1.82, 2.24) is 15.5 Å². The third-order valence-electron chi connectivity index (χ3n) is 2.87. The van der Waals surface area contributed by atoms with Crippen LogP contribution in [-0.2, 0) is 19.5 Å². The van der Waals surface area contributed by atoms with Gasteiger partial charge in [0.2, 0.25) is 5.89 Å². The minimum Gasteiger partial charge on any atom is -0.338 e. The third kappa shape index (κ3) is 3.53. The normalized spacial score (nSPS) is 10.8. The molecule has 0 amide bonds. The Hall–Kier alpha value is -1.98. The molecule has 0 aliphatic heterocycles. The first-order valence-electron chi connectivity index (χ1n) is 6.48. The lowest BCUT2D eigenvalue weighted by Crippen LogP contribution is -2.12. The van der Waals surface area contributed by atoms with Gasteiger partial charge in [0.1, 0.15) is 0 Å². The molecule has 3 rings (SSSR count). The molecule has 0 aliphatic carbocycles. The third-order valence-corrected chi connectivity index (χ3v) is 3.75. The Morgan fingerprint density at radius 3 is 2.75 bits per heavy atom. The molecule has 0 aliphatic rings. The van der Waals surface area contributed by atoms with Gasteiger partial charge in [-0.05, 0) is 17.0 Å².